The van der Waals surface area contributed by atoms with Crippen LogP contribution in [0.4, 0.5) is 10.1 Å². The monoisotopic (exact) mass is 452 g/mol. The fraction of sp³-hybridized carbons (Fsp3) is 0.429. The Bertz CT molecular complexity index is 1130. The molecule has 0 atom stereocenters. The van der Waals surface area contributed by atoms with Crippen LogP contribution in [0.1, 0.15) is 43.2 Å². The van der Waals surface area contributed by atoms with Gasteiger partial charge in [-0.05, 0) is 66.8 Å². The van der Waals surface area contributed by atoms with Crippen LogP contribution in [0.2, 0.25) is 0 Å². The van der Waals surface area contributed by atoms with E-state index in [-0.39, 0.29) is 16.7 Å². The van der Waals surface area contributed by atoms with Crippen LogP contribution in [0.25, 0.3) is 0 Å². The van der Waals surface area contributed by atoms with Gasteiger partial charge >= 0.3 is 0 Å². The largest absolute Gasteiger partial charge is 0.283 e. The Hall–Kier alpha value is -1.97. The van der Waals surface area contributed by atoms with Crippen LogP contribution in [0, 0.1) is 5.82 Å². The summed E-state index contributed by atoms with van der Waals surface area (Å²) in [6, 6.07) is 10.1. The number of nitrogens with one attached hydrogen (secondary N) is 1. The van der Waals surface area contributed by atoms with Crippen molar-refractivity contribution in [1.29, 1.82) is 0 Å². The quantitative estimate of drug-likeness (QED) is 0.751. The van der Waals surface area contributed by atoms with Crippen LogP contribution in [-0.2, 0) is 33.0 Å². The molecule has 1 saturated carbocycles. The molecule has 1 N–H and O–H groups in total. The Labute approximate surface area is 177 Å². The average Bonchev–Trinajstić information content (AvgIpc) is 2.74. The molecular formula is C21H25FN2O4S2. The molecule has 1 fully saturated rings. The number of hydrogen-bond acceptors (Lipinski definition) is 4. The van der Waals surface area contributed by atoms with Crippen molar-refractivity contribution in [3.63, 3.8) is 0 Å². The third kappa shape index (κ3) is 4.38. The Morgan fingerprint density at radius 3 is 2.30 bits per heavy atom. The number of sulfonamides is 2. The molecule has 4 rings (SSSR count). The van der Waals surface area contributed by atoms with Crippen molar-refractivity contribution in [1.82, 2.24) is 4.31 Å². The maximum atomic E-state index is 13.2. The van der Waals surface area contributed by atoms with Gasteiger partial charge in [-0.25, -0.2) is 21.2 Å². The number of rotatable bonds is 5. The molecule has 1 aliphatic carbocycles. The number of fused-ring (bicyclic) bond motifs is 1. The van der Waals surface area contributed by atoms with Crippen molar-refractivity contribution < 1.29 is 21.2 Å². The minimum absolute atomic E-state index is 0.0431. The third-order valence-electron chi connectivity index (χ3n) is 5.89. The van der Waals surface area contributed by atoms with Crippen molar-refractivity contribution in [3.05, 3.63) is 59.4 Å². The highest BCUT2D eigenvalue weighted by molar-refractivity contribution is 7.93. The maximum absolute atomic E-state index is 13.2. The SMILES string of the molecule is O=S(=O)(Nc1ccc2c(c1)CN(S(=O)(=O)c1ccc(F)cc1)CC2)C1CCCCC1. The third-order valence-corrected chi connectivity index (χ3v) is 9.61. The van der Waals surface area contributed by atoms with Gasteiger partial charge in [0.1, 0.15) is 5.82 Å². The number of anilines is 1. The van der Waals surface area contributed by atoms with E-state index in [1.54, 1.807) is 12.1 Å². The first-order chi connectivity index (χ1) is 14.3. The molecule has 6 nitrogen and oxygen atoms in total. The molecule has 0 amide bonds. The zero-order valence-corrected chi connectivity index (χ0v) is 18.2. The number of halogens is 1. The van der Waals surface area contributed by atoms with Gasteiger partial charge in [0.2, 0.25) is 20.0 Å². The Balaban J connectivity index is 1.54. The molecule has 0 radical (unpaired) electrons. The molecule has 0 unspecified atom stereocenters. The smallest absolute Gasteiger partial charge is 0.243 e. The number of hydrogen-bond donors (Lipinski definition) is 1. The second kappa shape index (κ2) is 8.28. The fourth-order valence-electron chi connectivity index (χ4n) is 4.18. The van der Waals surface area contributed by atoms with Crippen LogP contribution >= 0.6 is 0 Å². The Morgan fingerprint density at radius 2 is 1.60 bits per heavy atom. The molecule has 1 aliphatic heterocycles. The van der Waals surface area contributed by atoms with Gasteiger partial charge in [-0.15, -0.1) is 0 Å². The zero-order valence-electron chi connectivity index (χ0n) is 16.6. The van der Waals surface area contributed by atoms with Gasteiger partial charge in [-0.2, -0.15) is 4.31 Å². The molecule has 0 bridgehead atoms. The fourth-order valence-corrected chi connectivity index (χ4v) is 7.17. The second-order valence-corrected chi connectivity index (χ2v) is 11.8. The van der Waals surface area contributed by atoms with Gasteiger partial charge in [0, 0.05) is 18.8 Å². The summed E-state index contributed by atoms with van der Waals surface area (Å²) in [4.78, 5) is 0.0431. The summed E-state index contributed by atoms with van der Waals surface area (Å²) in [6.45, 7) is 0.466. The molecule has 30 heavy (non-hydrogen) atoms. The lowest BCUT2D eigenvalue weighted by Crippen LogP contribution is -2.36. The molecule has 2 aliphatic rings. The molecule has 0 aromatic heterocycles. The molecular weight excluding hydrogens is 427 g/mol. The van der Waals surface area contributed by atoms with Crippen LogP contribution in [-0.4, -0.2) is 32.9 Å². The minimum atomic E-state index is -3.76. The van der Waals surface area contributed by atoms with Gasteiger partial charge < -0.3 is 0 Å². The van der Waals surface area contributed by atoms with E-state index >= 15 is 0 Å². The summed E-state index contributed by atoms with van der Waals surface area (Å²) in [6.07, 6.45) is 4.79. The lowest BCUT2D eigenvalue weighted by atomic mass is 10.0. The molecule has 1 heterocycles. The minimum Gasteiger partial charge on any atom is -0.283 e. The van der Waals surface area contributed by atoms with E-state index in [0.717, 1.165) is 42.5 Å². The highest BCUT2D eigenvalue weighted by Crippen LogP contribution is 2.29. The second-order valence-electron chi connectivity index (χ2n) is 7.93. The molecule has 2 aromatic carbocycles. The lowest BCUT2D eigenvalue weighted by Gasteiger charge is -2.29. The van der Waals surface area contributed by atoms with Crippen molar-refractivity contribution >= 4 is 25.7 Å². The van der Waals surface area contributed by atoms with Crippen LogP contribution in [0.5, 0.6) is 0 Å². The Kier molecular flexibility index (Phi) is 5.87. The first-order valence-electron chi connectivity index (χ1n) is 10.1. The summed E-state index contributed by atoms with van der Waals surface area (Å²) in [5.41, 5.74) is 2.23. The van der Waals surface area contributed by atoms with E-state index in [0.29, 0.717) is 31.5 Å². The summed E-state index contributed by atoms with van der Waals surface area (Å²) < 4.78 is 68.5. The van der Waals surface area contributed by atoms with E-state index in [9.17, 15) is 21.2 Å². The predicted molar refractivity (Wildman–Crippen MR) is 114 cm³/mol. The first kappa shape index (κ1) is 21.3. The van der Waals surface area contributed by atoms with Crippen LogP contribution in [0.3, 0.4) is 0 Å². The summed E-state index contributed by atoms with van der Waals surface area (Å²) in [5, 5.41) is -0.377. The van der Waals surface area contributed by atoms with E-state index in [1.807, 2.05) is 6.07 Å². The van der Waals surface area contributed by atoms with E-state index in [2.05, 4.69) is 4.72 Å². The molecule has 0 saturated heterocycles. The van der Waals surface area contributed by atoms with Crippen molar-refractivity contribution in [3.8, 4) is 0 Å². The lowest BCUT2D eigenvalue weighted by molar-refractivity contribution is 0.391. The summed E-state index contributed by atoms with van der Waals surface area (Å²) in [5.74, 6) is -0.493. The van der Waals surface area contributed by atoms with Gasteiger partial charge in [0.05, 0.1) is 10.1 Å². The maximum Gasteiger partial charge on any atom is 0.243 e. The van der Waals surface area contributed by atoms with Crippen LogP contribution in [0.15, 0.2) is 47.4 Å². The summed E-state index contributed by atoms with van der Waals surface area (Å²) >= 11 is 0. The van der Waals surface area contributed by atoms with Crippen molar-refractivity contribution in [2.24, 2.45) is 0 Å². The molecule has 162 valence electrons. The normalized spacial score (nSPS) is 18.7. The van der Waals surface area contributed by atoms with Crippen molar-refractivity contribution in [2.45, 2.75) is 55.2 Å². The van der Waals surface area contributed by atoms with Crippen molar-refractivity contribution in [2.75, 3.05) is 11.3 Å². The van der Waals surface area contributed by atoms with Gasteiger partial charge in [-0.1, -0.05) is 25.3 Å². The topological polar surface area (TPSA) is 83.6 Å². The molecule has 2 aromatic rings. The molecule has 9 heteroatoms. The average molecular weight is 453 g/mol. The Morgan fingerprint density at radius 1 is 0.900 bits per heavy atom. The van der Waals surface area contributed by atoms with E-state index < -0.39 is 25.9 Å². The first-order valence-corrected chi connectivity index (χ1v) is 13.1. The van der Waals surface area contributed by atoms with Gasteiger partial charge in [0.25, 0.3) is 0 Å². The highest BCUT2D eigenvalue weighted by atomic mass is 32.2. The van der Waals surface area contributed by atoms with Gasteiger partial charge in [0.15, 0.2) is 0 Å². The summed E-state index contributed by atoms with van der Waals surface area (Å²) in [7, 11) is -7.23. The highest BCUT2D eigenvalue weighted by Gasteiger charge is 2.30. The number of benzene rings is 2. The standard InChI is InChI=1S/C21H25FN2O4S2/c22-18-7-10-21(11-8-18)30(27,28)24-13-12-16-6-9-19(14-17(16)15-24)23-29(25,26)20-4-2-1-3-5-20/h6-11,14,20,23H,1-5,12-13,15H2. The van der Waals surface area contributed by atoms with Crippen LogP contribution < -0.4 is 4.72 Å². The predicted octanol–water partition coefficient (Wildman–Crippen LogP) is 3.65. The zero-order chi connectivity index (χ0) is 21.4. The number of nitrogens with zero attached hydrogens (tertiary/aromatic N) is 1. The van der Waals surface area contributed by atoms with E-state index in [4.69, 9.17) is 0 Å². The van der Waals surface area contributed by atoms with E-state index in [1.165, 1.54) is 16.4 Å². The molecule has 0 spiro atoms. The van der Waals surface area contributed by atoms with Gasteiger partial charge in [-0.3, -0.25) is 4.72 Å².